The number of hydrogen-bond donors (Lipinski definition) is 4. The third kappa shape index (κ3) is 4.71. The van der Waals surface area contributed by atoms with Gasteiger partial charge < -0.3 is 21.1 Å². The second-order valence-corrected chi connectivity index (χ2v) is 5.03. The van der Waals surface area contributed by atoms with Gasteiger partial charge in [0.1, 0.15) is 5.54 Å². The van der Waals surface area contributed by atoms with Crippen molar-refractivity contribution in [1.29, 1.82) is 0 Å². The van der Waals surface area contributed by atoms with Gasteiger partial charge in [0.15, 0.2) is 0 Å². The number of carbonyl (C=O) groups excluding carboxylic acids is 2. The molecule has 0 aromatic heterocycles. The van der Waals surface area contributed by atoms with Gasteiger partial charge in [0.25, 0.3) is 0 Å². The van der Waals surface area contributed by atoms with Crippen molar-refractivity contribution in [3.63, 3.8) is 0 Å². The van der Waals surface area contributed by atoms with E-state index in [1.807, 2.05) is 6.92 Å². The summed E-state index contributed by atoms with van der Waals surface area (Å²) in [5.41, 5.74) is -1.16. The zero-order chi connectivity index (χ0) is 15.0. The van der Waals surface area contributed by atoms with Crippen molar-refractivity contribution < 1.29 is 19.5 Å². The molecule has 7 heteroatoms. The van der Waals surface area contributed by atoms with E-state index in [2.05, 4.69) is 16.0 Å². The number of aliphatic carboxylic acids is 1. The van der Waals surface area contributed by atoms with Gasteiger partial charge in [0.2, 0.25) is 5.91 Å². The lowest BCUT2D eigenvalue weighted by molar-refractivity contribution is -0.145. The van der Waals surface area contributed by atoms with Crippen molar-refractivity contribution >= 4 is 17.9 Å². The summed E-state index contributed by atoms with van der Waals surface area (Å²) in [6.45, 7) is 2.55. The Morgan fingerprint density at radius 3 is 2.30 bits per heavy atom. The average Bonchev–Trinajstić information content (AvgIpc) is 2.39. The van der Waals surface area contributed by atoms with Crippen molar-refractivity contribution in [2.24, 2.45) is 0 Å². The quantitative estimate of drug-likeness (QED) is 0.573. The Hall–Kier alpha value is -1.79. The average molecular weight is 285 g/mol. The van der Waals surface area contributed by atoms with Crippen LogP contribution in [-0.2, 0) is 9.59 Å². The third-order valence-electron chi connectivity index (χ3n) is 3.48. The number of nitrogens with one attached hydrogen (secondary N) is 3. The monoisotopic (exact) mass is 285 g/mol. The van der Waals surface area contributed by atoms with Gasteiger partial charge in [0.05, 0.1) is 0 Å². The van der Waals surface area contributed by atoms with E-state index in [0.717, 1.165) is 19.3 Å². The summed E-state index contributed by atoms with van der Waals surface area (Å²) in [7, 11) is 0. The Bertz CT molecular complexity index is 365. The molecule has 0 radical (unpaired) electrons. The molecule has 1 saturated carbocycles. The largest absolute Gasteiger partial charge is 0.480 e. The van der Waals surface area contributed by atoms with Crippen LogP contribution in [0, 0.1) is 0 Å². The van der Waals surface area contributed by atoms with E-state index in [1.165, 1.54) is 0 Å². The molecule has 0 heterocycles. The number of hydrogen-bond acceptors (Lipinski definition) is 3. The molecule has 114 valence electrons. The normalized spacial score (nSPS) is 17.1. The summed E-state index contributed by atoms with van der Waals surface area (Å²) < 4.78 is 0. The maximum atomic E-state index is 11.7. The number of urea groups is 1. The van der Waals surface area contributed by atoms with Crippen LogP contribution >= 0.6 is 0 Å². The fourth-order valence-electron chi connectivity index (χ4n) is 2.38. The lowest BCUT2D eigenvalue weighted by Crippen LogP contribution is -2.58. The van der Waals surface area contributed by atoms with Crippen LogP contribution in [0.3, 0.4) is 0 Å². The van der Waals surface area contributed by atoms with Crippen molar-refractivity contribution in [1.82, 2.24) is 16.0 Å². The minimum atomic E-state index is -1.16. The minimum absolute atomic E-state index is 0.140. The van der Waals surface area contributed by atoms with Crippen LogP contribution in [0.25, 0.3) is 0 Å². The van der Waals surface area contributed by atoms with Gasteiger partial charge in [-0.2, -0.15) is 0 Å². The first-order chi connectivity index (χ1) is 9.50. The molecule has 7 nitrogen and oxygen atoms in total. The molecule has 0 aliphatic heterocycles. The van der Waals surface area contributed by atoms with Gasteiger partial charge in [-0.3, -0.25) is 4.79 Å². The molecule has 0 atom stereocenters. The number of carboxylic acid groups (broad SMARTS) is 1. The van der Waals surface area contributed by atoms with E-state index < -0.39 is 17.5 Å². The Morgan fingerprint density at radius 1 is 1.10 bits per heavy atom. The van der Waals surface area contributed by atoms with Crippen LogP contribution in [0.5, 0.6) is 0 Å². The van der Waals surface area contributed by atoms with Gasteiger partial charge >= 0.3 is 12.0 Å². The second kappa shape index (κ2) is 7.72. The predicted octanol–water partition coefficient (Wildman–Crippen LogP) is 0.599. The Morgan fingerprint density at radius 2 is 1.75 bits per heavy atom. The molecular weight excluding hydrogens is 262 g/mol. The van der Waals surface area contributed by atoms with Crippen molar-refractivity contribution in [3.05, 3.63) is 0 Å². The zero-order valence-corrected chi connectivity index (χ0v) is 11.8. The highest BCUT2D eigenvalue weighted by Gasteiger charge is 2.40. The SMILES string of the molecule is CCNC(=O)CCNC(=O)NC1(C(=O)O)CCCCC1. The summed E-state index contributed by atoms with van der Waals surface area (Å²) in [6.07, 6.45) is 3.67. The van der Waals surface area contributed by atoms with E-state index in [4.69, 9.17) is 0 Å². The summed E-state index contributed by atoms with van der Waals surface area (Å²) in [4.78, 5) is 34.3. The molecule has 0 aromatic rings. The van der Waals surface area contributed by atoms with Crippen molar-refractivity contribution in [2.75, 3.05) is 13.1 Å². The molecule has 3 amide bonds. The summed E-state index contributed by atoms with van der Waals surface area (Å²) >= 11 is 0. The first-order valence-corrected chi connectivity index (χ1v) is 7.06. The number of amides is 3. The minimum Gasteiger partial charge on any atom is -0.480 e. The fraction of sp³-hybridized carbons (Fsp3) is 0.769. The van der Waals surface area contributed by atoms with E-state index >= 15 is 0 Å². The molecule has 1 rings (SSSR count). The van der Waals surface area contributed by atoms with Crippen LogP contribution < -0.4 is 16.0 Å². The molecular formula is C13H23N3O4. The van der Waals surface area contributed by atoms with Crippen molar-refractivity contribution in [2.45, 2.75) is 51.0 Å². The summed E-state index contributed by atoms with van der Waals surface area (Å²) in [5.74, 6) is -1.13. The van der Waals surface area contributed by atoms with Crippen LogP contribution in [0.4, 0.5) is 4.79 Å². The van der Waals surface area contributed by atoms with Crippen LogP contribution in [0.2, 0.25) is 0 Å². The summed E-state index contributed by atoms with van der Waals surface area (Å²) in [5, 5.41) is 17.0. The number of carbonyl (C=O) groups is 3. The lowest BCUT2D eigenvalue weighted by Gasteiger charge is -2.33. The Balaban J connectivity index is 2.39. The van der Waals surface area contributed by atoms with Crippen LogP contribution in [0.1, 0.15) is 45.4 Å². The molecule has 0 unspecified atom stereocenters. The topological polar surface area (TPSA) is 108 Å². The highest BCUT2D eigenvalue weighted by molar-refractivity contribution is 5.86. The molecule has 0 spiro atoms. The van der Waals surface area contributed by atoms with Gasteiger partial charge in [0, 0.05) is 19.5 Å². The van der Waals surface area contributed by atoms with E-state index in [0.29, 0.717) is 19.4 Å². The third-order valence-corrected chi connectivity index (χ3v) is 3.48. The molecule has 0 aromatic carbocycles. The molecule has 1 aliphatic rings. The molecule has 0 saturated heterocycles. The molecule has 20 heavy (non-hydrogen) atoms. The van der Waals surface area contributed by atoms with Crippen LogP contribution in [-0.4, -0.2) is 41.6 Å². The lowest BCUT2D eigenvalue weighted by atomic mass is 9.82. The van der Waals surface area contributed by atoms with Gasteiger partial charge in [-0.25, -0.2) is 9.59 Å². The predicted molar refractivity (Wildman–Crippen MR) is 73.3 cm³/mol. The summed E-state index contributed by atoms with van der Waals surface area (Å²) in [6, 6.07) is -0.529. The Kier molecular flexibility index (Phi) is 6.27. The maximum absolute atomic E-state index is 11.7. The van der Waals surface area contributed by atoms with Gasteiger partial charge in [-0.05, 0) is 19.8 Å². The molecule has 1 fully saturated rings. The molecule has 1 aliphatic carbocycles. The van der Waals surface area contributed by atoms with Crippen molar-refractivity contribution in [3.8, 4) is 0 Å². The van der Waals surface area contributed by atoms with Gasteiger partial charge in [-0.1, -0.05) is 19.3 Å². The standard InChI is InChI=1S/C13H23N3O4/c1-2-14-10(17)6-9-15-12(20)16-13(11(18)19)7-4-3-5-8-13/h2-9H2,1H3,(H,14,17)(H,18,19)(H2,15,16,20). The molecule has 4 N–H and O–H groups in total. The highest BCUT2D eigenvalue weighted by Crippen LogP contribution is 2.28. The number of rotatable bonds is 6. The number of carboxylic acids is 1. The van der Waals surface area contributed by atoms with E-state index in [9.17, 15) is 19.5 Å². The first-order valence-electron chi connectivity index (χ1n) is 7.06. The second-order valence-electron chi connectivity index (χ2n) is 5.03. The van der Waals surface area contributed by atoms with Gasteiger partial charge in [-0.15, -0.1) is 0 Å². The molecule has 0 bridgehead atoms. The van der Waals surface area contributed by atoms with E-state index in [1.54, 1.807) is 0 Å². The smallest absolute Gasteiger partial charge is 0.329 e. The fourth-order valence-corrected chi connectivity index (χ4v) is 2.38. The maximum Gasteiger partial charge on any atom is 0.329 e. The first kappa shape index (κ1) is 16.3. The van der Waals surface area contributed by atoms with Crippen LogP contribution in [0.15, 0.2) is 0 Å². The van der Waals surface area contributed by atoms with E-state index in [-0.39, 0.29) is 18.9 Å². The zero-order valence-electron chi connectivity index (χ0n) is 11.8. The Labute approximate surface area is 118 Å². The highest BCUT2D eigenvalue weighted by atomic mass is 16.4.